The summed E-state index contributed by atoms with van der Waals surface area (Å²) < 4.78 is 39.2. The van der Waals surface area contributed by atoms with E-state index >= 15 is 0 Å². The Balaban J connectivity index is 2.02. The number of aromatic nitrogens is 1. The van der Waals surface area contributed by atoms with Crippen LogP contribution in [0, 0.1) is 0 Å². The Morgan fingerprint density at radius 2 is 2.08 bits per heavy atom. The fraction of sp³-hybridized carbons (Fsp3) is 0.500. The summed E-state index contributed by atoms with van der Waals surface area (Å²) in [6.45, 7) is 5.41. The first kappa shape index (κ1) is 18.2. The Kier molecular flexibility index (Phi) is 4.81. The van der Waals surface area contributed by atoms with Gasteiger partial charge in [0.2, 0.25) is 0 Å². The van der Waals surface area contributed by atoms with Crippen LogP contribution in [0.15, 0.2) is 29.0 Å². The van der Waals surface area contributed by atoms with Crippen LogP contribution in [0.25, 0.3) is 0 Å². The van der Waals surface area contributed by atoms with Crippen LogP contribution in [-0.4, -0.2) is 25.1 Å². The summed E-state index contributed by atoms with van der Waals surface area (Å²) in [6, 6.07) is 4.89. The van der Waals surface area contributed by atoms with Crippen LogP contribution in [0.5, 0.6) is 0 Å². The Morgan fingerprint density at radius 3 is 2.68 bits per heavy atom. The normalized spacial score (nSPS) is 17.6. The number of hydrogen-bond acceptors (Lipinski definition) is 4. The molecule has 2 aromatic rings. The molecule has 1 aliphatic rings. The molecule has 3 rings (SSSR count). The molecule has 7 heteroatoms. The fourth-order valence-corrected chi connectivity index (χ4v) is 4.16. The molecule has 0 saturated heterocycles. The van der Waals surface area contributed by atoms with E-state index in [1.165, 1.54) is 5.56 Å². The number of halogens is 3. The smallest absolute Gasteiger partial charge is 0.362 e. The standard InChI is InChI=1S/C18H22F3N3S/c1-17(2)11-24(13(6-8-22-3)12-7-9-25-10-12)14-4-5-15(18(19,20)21)23-16(14)17/h4-5,7,9-10,13,22H,6,8,11H2,1-3H3/t13-/m0/s1. The Morgan fingerprint density at radius 1 is 1.32 bits per heavy atom. The van der Waals surface area contributed by atoms with Crippen molar-refractivity contribution in [2.75, 3.05) is 25.0 Å². The molecule has 136 valence electrons. The quantitative estimate of drug-likeness (QED) is 0.834. The molecular formula is C18H22F3N3S. The van der Waals surface area contributed by atoms with E-state index in [0.29, 0.717) is 12.2 Å². The summed E-state index contributed by atoms with van der Waals surface area (Å²) in [7, 11) is 1.91. The fourth-order valence-electron chi connectivity index (χ4n) is 3.45. The van der Waals surface area contributed by atoms with E-state index in [1.807, 2.05) is 26.3 Å². The van der Waals surface area contributed by atoms with Crippen molar-refractivity contribution in [1.29, 1.82) is 0 Å². The van der Waals surface area contributed by atoms with Gasteiger partial charge >= 0.3 is 6.18 Å². The lowest BCUT2D eigenvalue weighted by molar-refractivity contribution is -0.141. The van der Waals surface area contributed by atoms with Crippen molar-refractivity contribution in [3.05, 3.63) is 45.9 Å². The van der Waals surface area contributed by atoms with Gasteiger partial charge in [-0.25, -0.2) is 4.98 Å². The van der Waals surface area contributed by atoms with E-state index in [9.17, 15) is 13.2 Å². The minimum absolute atomic E-state index is 0.123. The predicted molar refractivity (Wildman–Crippen MR) is 95.2 cm³/mol. The number of thiophene rings is 1. The number of alkyl halides is 3. The lowest BCUT2D eigenvalue weighted by Gasteiger charge is -2.31. The number of rotatable bonds is 5. The largest absolute Gasteiger partial charge is 0.433 e. The van der Waals surface area contributed by atoms with Crippen molar-refractivity contribution in [3.8, 4) is 0 Å². The van der Waals surface area contributed by atoms with Gasteiger partial charge in [-0.3, -0.25) is 0 Å². The van der Waals surface area contributed by atoms with Crippen LogP contribution in [0.2, 0.25) is 0 Å². The molecular weight excluding hydrogens is 347 g/mol. The SMILES string of the molecule is CNCC[C@@H](c1ccsc1)N1CC(C)(C)c2nc(C(F)(F)F)ccc21. The highest BCUT2D eigenvalue weighted by Gasteiger charge is 2.42. The molecule has 1 atom stereocenters. The summed E-state index contributed by atoms with van der Waals surface area (Å²) in [5.41, 5.74) is 1.30. The zero-order valence-electron chi connectivity index (χ0n) is 14.5. The number of nitrogens with zero attached hydrogens (tertiary/aromatic N) is 2. The summed E-state index contributed by atoms with van der Waals surface area (Å²) in [6.07, 6.45) is -3.54. The van der Waals surface area contributed by atoms with Gasteiger partial charge in [0.15, 0.2) is 0 Å². The number of hydrogen-bond donors (Lipinski definition) is 1. The van der Waals surface area contributed by atoms with Gasteiger partial charge in [-0.2, -0.15) is 24.5 Å². The van der Waals surface area contributed by atoms with Crippen LogP contribution in [0.4, 0.5) is 18.9 Å². The topological polar surface area (TPSA) is 28.2 Å². The minimum atomic E-state index is -4.42. The van der Waals surface area contributed by atoms with Gasteiger partial charge in [-0.1, -0.05) is 13.8 Å². The summed E-state index contributed by atoms with van der Waals surface area (Å²) >= 11 is 1.64. The van der Waals surface area contributed by atoms with Gasteiger partial charge in [-0.15, -0.1) is 0 Å². The lowest BCUT2D eigenvalue weighted by atomic mass is 9.91. The van der Waals surface area contributed by atoms with E-state index in [4.69, 9.17) is 0 Å². The Bertz CT molecular complexity index is 726. The van der Waals surface area contributed by atoms with Crippen molar-refractivity contribution >= 4 is 17.0 Å². The summed E-state index contributed by atoms with van der Waals surface area (Å²) in [5, 5.41) is 7.32. The number of nitrogens with one attached hydrogen (secondary N) is 1. The van der Waals surface area contributed by atoms with Gasteiger partial charge in [-0.05, 0) is 54.5 Å². The molecule has 0 aromatic carbocycles. The van der Waals surface area contributed by atoms with Crippen molar-refractivity contribution < 1.29 is 13.2 Å². The molecule has 25 heavy (non-hydrogen) atoms. The van der Waals surface area contributed by atoms with E-state index in [0.717, 1.165) is 24.7 Å². The molecule has 0 saturated carbocycles. The van der Waals surface area contributed by atoms with Gasteiger partial charge < -0.3 is 10.2 Å². The number of fused-ring (bicyclic) bond motifs is 1. The second-order valence-electron chi connectivity index (χ2n) is 7.04. The average molecular weight is 369 g/mol. The van der Waals surface area contributed by atoms with Crippen LogP contribution >= 0.6 is 11.3 Å². The van der Waals surface area contributed by atoms with E-state index in [1.54, 1.807) is 17.4 Å². The van der Waals surface area contributed by atoms with E-state index < -0.39 is 17.3 Å². The van der Waals surface area contributed by atoms with Crippen LogP contribution in [-0.2, 0) is 11.6 Å². The highest BCUT2D eigenvalue weighted by molar-refractivity contribution is 7.08. The molecule has 0 radical (unpaired) electrons. The molecule has 1 N–H and O–H groups in total. The Labute approximate surface area is 149 Å². The molecule has 0 spiro atoms. The maximum Gasteiger partial charge on any atom is 0.433 e. The molecule has 3 nitrogen and oxygen atoms in total. The van der Waals surface area contributed by atoms with E-state index in [-0.39, 0.29) is 6.04 Å². The third-order valence-electron chi connectivity index (χ3n) is 4.65. The third kappa shape index (κ3) is 3.53. The Hall–Kier alpha value is -1.60. The van der Waals surface area contributed by atoms with Gasteiger partial charge in [0, 0.05) is 12.0 Å². The molecule has 3 heterocycles. The van der Waals surface area contributed by atoms with Gasteiger partial charge in [0.05, 0.1) is 17.4 Å². The predicted octanol–water partition coefficient (Wildman–Crippen LogP) is 4.61. The van der Waals surface area contributed by atoms with Crippen LogP contribution < -0.4 is 10.2 Å². The second kappa shape index (κ2) is 6.61. The number of pyridine rings is 1. The van der Waals surface area contributed by atoms with Crippen molar-refractivity contribution in [3.63, 3.8) is 0 Å². The first-order chi connectivity index (χ1) is 11.7. The maximum atomic E-state index is 13.1. The van der Waals surface area contributed by atoms with Gasteiger partial charge in [0.1, 0.15) is 5.69 Å². The number of anilines is 1. The van der Waals surface area contributed by atoms with Crippen molar-refractivity contribution in [2.45, 2.75) is 37.9 Å². The zero-order valence-corrected chi connectivity index (χ0v) is 15.3. The van der Waals surface area contributed by atoms with E-state index in [2.05, 4.69) is 26.6 Å². The summed E-state index contributed by atoms with van der Waals surface area (Å²) in [4.78, 5) is 6.20. The zero-order chi connectivity index (χ0) is 18.2. The minimum Gasteiger partial charge on any atom is -0.362 e. The van der Waals surface area contributed by atoms with Gasteiger partial charge in [0.25, 0.3) is 0 Å². The molecule has 0 fully saturated rings. The molecule has 1 aliphatic heterocycles. The molecule has 2 aromatic heterocycles. The highest BCUT2D eigenvalue weighted by atomic mass is 32.1. The first-order valence-corrected chi connectivity index (χ1v) is 9.20. The average Bonchev–Trinajstić information content (AvgIpc) is 3.14. The lowest BCUT2D eigenvalue weighted by Crippen LogP contribution is -2.33. The maximum absolute atomic E-state index is 13.1. The first-order valence-electron chi connectivity index (χ1n) is 8.26. The van der Waals surface area contributed by atoms with Crippen LogP contribution in [0.1, 0.15) is 43.3 Å². The third-order valence-corrected chi connectivity index (χ3v) is 5.35. The second-order valence-corrected chi connectivity index (χ2v) is 7.82. The summed E-state index contributed by atoms with van der Waals surface area (Å²) in [5.74, 6) is 0. The molecule has 0 bridgehead atoms. The molecule has 0 aliphatic carbocycles. The highest BCUT2D eigenvalue weighted by Crippen LogP contribution is 2.45. The van der Waals surface area contributed by atoms with Crippen molar-refractivity contribution in [1.82, 2.24) is 10.3 Å². The van der Waals surface area contributed by atoms with Crippen LogP contribution in [0.3, 0.4) is 0 Å². The van der Waals surface area contributed by atoms with Crippen molar-refractivity contribution in [2.24, 2.45) is 0 Å². The monoisotopic (exact) mass is 369 g/mol. The molecule has 0 amide bonds. The molecule has 0 unspecified atom stereocenters.